The highest BCUT2D eigenvalue weighted by Gasteiger charge is 1.95. The van der Waals surface area contributed by atoms with Gasteiger partial charge in [0.15, 0.2) is 0 Å². The monoisotopic (exact) mass is 890 g/mol. The minimum atomic E-state index is 0. The lowest BCUT2D eigenvalue weighted by molar-refractivity contribution is 1.11. The average Bonchev–Trinajstić information content (AvgIpc) is 2.97. The summed E-state index contributed by atoms with van der Waals surface area (Å²) in [5.41, 5.74) is 5.46. The number of hydrogen-bond donors (Lipinski definition) is 5. The number of aryl methyl sites for hydroxylation is 5. The molecule has 0 amide bonds. The molecule has 0 spiro atoms. The Labute approximate surface area is 344 Å². The summed E-state index contributed by atoms with van der Waals surface area (Å²) in [6.45, 7) is 9.84. The molecule has 0 aliphatic heterocycles. The van der Waals surface area contributed by atoms with E-state index < -0.39 is 0 Å². The van der Waals surface area contributed by atoms with E-state index in [0.717, 1.165) is 77.4 Å². The molecule has 0 unspecified atom stereocenters. The predicted octanol–water partition coefficient (Wildman–Crippen LogP) is 15.4. The topological polar surface area (TPSA) is 0 Å². The van der Waals surface area contributed by atoms with Crippen molar-refractivity contribution in [2.45, 2.75) is 59.1 Å². The van der Waals surface area contributed by atoms with Crippen molar-refractivity contribution in [2.75, 3.05) is 0 Å². The fraction of sp³-hybridized carbons (Fsp3) is 0.143. The average molecular weight is 893 g/mol. The molecule has 0 N–H and O–H groups in total. The zero-order valence-corrected chi connectivity index (χ0v) is 35.6. The van der Waals surface area contributed by atoms with Crippen LogP contribution < -0.4 is 0 Å². The van der Waals surface area contributed by atoms with Gasteiger partial charge in [-0.1, -0.05) is 88.3 Å². The molecule has 5 rings (SSSR count). The molecule has 0 heterocycles. The third kappa shape index (κ3) is 24.2. The van der Waals surface area contributed by atoms with E-state index in [4.69, 9.17) is 58.0 Å². The van der Waals surface area contributed by atoms with Gasteiger partial charge >= 0.3 is 0 Å². The molecule has 15 heteroatoms. The summed E-state index contributed by atoms with van der Waals surface area (Å²) in [6, 6.07) is 28.5. The summed E-state index contributed by atoms with van der Waals surface area (Å²) < 4.78 is 0. The van der Waals surface area contributed by atoms with Gasteiger partial charge < -0.3 is 0 Å². The highest BCUT2D eigenvalue weighted by molar-refractivity contribution is 7.81. The second kappa shape index (κ2) is 30.4. The van der Waals surface area contributed by atoms with Crippen LogP contribution in [0.15, 0.2) is 115 Å². The normalized spacial score (nSPS) is 8.70. The molecule has 50 heavy (non-hydrogen) atoms. The van der Waals surface area contributed by atoms with Gasteiger partial charge in [-0.05, 0) is 123 Å². The SMILES string of the molecule is Cc1ccc(S)cc1Cl.Cc1ccc(S)cc1Cl.Cc1ccc(S)cc1Cl.Cc1ccc(S)cc1Cl.Cc1ccc(S)cc1Cl.F.F.F.F.F. The van der Waals surface area contributed by atoms with Gasteiger partial charge in [-0.25, -0.2) is 0 Å². The van der Waals surface area contributed by atoms with Crippen LogP contribution >= 0.6 is 121 Å². The van der Waals surface area contributed by atoms with Gasteiger partial charge in [0.25, 0.3) is 0 Å². The maximum absolute atomic E-state index is 5.77. The van der Waals surface area contributed by atoms with E-state index in [1.807, 2.05) is 126 Å². The van der Waals surface area contributed by atoms with Crippen LogP contribution in [0.3, 0.4) is 0 Å². The van der Waals surface area contributed by atoms with E-state index in [1.54, 1.807) is 0 Å². The maximum atomic E-state index is 5.77. The molecular weight excluding hydrogens is 853 g/mol. The Kier molecular flexibility index (Phi) is 35.4. The molecule has 0 atom stereocenters. The maximum Gasteiger partial charge on any atom is 0.0446 e. The third-order valence-electron chi connectivity index (χ3n) is 5.78. The van der Waals surface area contributed by atoms with Crippen LogP contribution in [0.4, 0.5) is 23.5 Å². The fourth-order valence-corrected chi connectivity index (χ4v) is 5.21. The van der Waals surface area contributed by atoms with Crippen LogP contribution in [0.5, 0.6) is 0 Å². The minimum absolute atomic E-state index is 0. The molecule has 0 aliphatic carbocycles. The van der Waals surface area contributed by atoms with Gasteiger partial charge in [0.1, 0.15) is 0 Å². The van der Waals surface area contributed by atoms with E-state index in [0.29, 0.717) is 0 Å². The summed E-state index contributed by atoms with van der Waals surface area (Å²) in [5.74, 6) is 0. The van der Waals surface area contributed by atoms with E-state index in [-0.39, 0.29) is 23.5 Å². The van der Waals surface area contributed by atoms with Crippen LogP contribution in [-0.4, -0.2) is 0 Å². The predicted molar refractivity (Wildman–Crippen MR) is 230 cm³/mol. The van der Waals surface area contributed by atoms with Crippen molar-refractivity contribution in [1.82, 2.24) is 0 Å². The van der Waals surface area contributed by atoms with Crippen molar-refractivity contribution in [3.8, 4) is 0 Å². The van der Waals surface area contributed by atoms with Gasteiger partial charge in [-0.15, -0.1) is 63.1 Å². The van der Waals surface area contributed by atoms with E-state index >= 15 is 0 Å². The quantitative estimate of drug-likeness (QED) is 0.0743. The van der Waals surface area contributed by atoms with E-state index in [2.05, 4.69) is 63.1 Å². The molecule has 5 aromatic carbocycles. The molecule has 280 valence electrons. The summed E-state index contributed by atoms with van der Waals surface area (Å²) in [6.07, 6.45) is 0. The van der Waals surface area contributed by atoms with Crippen LogP contribution in [0, 0.1) is 34.6 Å². The van der Waals surface area contributed by atoms with Gasteiger partial charge in [-0.3, -0.25) is 23.5 Å². The second-order valence-electron chi connectivity index (χ2n) is 9.67. The second-order valence-corrected chi connectivity index (χ2v) is 14.3. The molecule has 0 bridgehead atoms. The third-order valence-corrected chi connectivity index (χ3v) is 9.20. The van der Waals surface area contributed by atoms with Crippen molar-refractivity contribution in [3.63, 3.8) is 0 Å². The van der Waals surface area contributed by atoms with Gasteiger partial charge in [0.2, 0.25) is 0 Å². The summed E-state index contributed by atoms with van der Waals surface area (Å²) >= 11 is 49.4. The van der Waals surface area contributed by atoms with Crippen molar-refractivity contribution in [2.24, 2.45) is 0 Å². The Hall–Kier alpha value is -1.05. The van der Waals surface area contributed by atoms with E-state index in [9.17, 15) is 0 Å². The largest absolute Gasteiger partial charge is 0.269 e. The van der Waals surface area contributed by atoms with Crippen molar-refractivity contribution < 1.29 is 23.5 Å². The van der Waals surface area contributed by atoms with Crippen molar-refractivity contribution in [1.29, 1.82) is 0 Å². The zero-order valence-electron chi connectivity index (χ0n) is 27.3. The molecule has 0 saturated heterocycles. The summed E-state index contributed by atoms with van der Waals surface area (Å²) in [4.78, 5) is 4.54. The van der Waals surface area contributed by atoms with Gasteiger partial charge in [0.05, 0.1) is 0 Å². The first-order valence-electron chi connectivity index (χ1n) is 13.3. The smallest absolute Gasteiger partial charge is 0.0446 e. The van der Waals surface area contributed by atoms with Crippen LogP contribution in [0.2, 0.25) is 25.1 Å². The molecule has 0 nitrogen and oxygen atoms in total. The van der Waals surface area contributed by atoms with Crippen LogP contribution in [0.1, 0.15) is 27.8 Å². The highest BCUT2D eigenvalue weighted by atomic mass is 35.5. The number of hydrogen-bond acceptors (Lipinski definition) is 5. The number of benzene rings is 5. The lowest BCUT2D eigenvalue weighted by Crippen LogP contribution is -1.72. The van der Waals surface area contributed by atoms with Crippen molar-refractivity contribution >= 4 is 121 Å². The molecule has 0 saturated carbocycles. The molecule has 0 aliphatic rings. The first kappa shape index (κ1) is 58.3. The summed E-state index contributed by atoms with van der Waals surface area (Å²) in [7, 11) is 0. The Morgan fingerprint density at radius 3 is 0.480 bits per heavy atom. The summed E-state index contributed by atoms with van der Waals surface area (Å²) in [5, 5.41) is 3.90. The van der Waals surface area contributed by atoms with Crippen LogP contribution in [-0.2, 0) is 0 Å². The highest BCUT2D eigenvalue weighted by Crippen LogP contribution is 2.21. The first-order chi connectivity index (χ1) is 21.0. The van der Waals surface area contributed by atoms with Gasteiger partial charge in [0, 0.05) is 49.6 Å². The Morgan fingerprint density at radius 1 is 0.280 bits per heavy atom. The standard InChI is InChI=1S/5C7H7ClS.5FH/c5*1-5-2-3-6(9)4-7(5)8;;;;;/h5*2-4,9H,1H3;5*1H. The van der Waals surface area contributed by atoms with Crippen LogP contribution in [0.25, 0.3) is 0 Å². The molecular formula is C35H40Cl5F5S5. The molecule has 0 fully saturated rings. The van der Waals surface area contributed by atoms with Gasteiger partial charge in [-0.2, -0.15) is 0 Å². The van der Waals surface area contributed by atoms with Crippen molar-refractivity contribution in [3.05, 3.63) is 144 Å². The number of thiol groups is 5. The fourth-order valence-electron chi connectivity index (χ4n) is 2.91. The molecule has 0 radical (unpaired) electrons. The Bertz CT molecular complexity index is 1410. The molecule has 5 aromatic rings. The Morgan fingerprint density at radius 2 is 0.400 bits per heavy atom. The van der Waals surface area contributed by atoms with E-state index in [1.165, 1.54) is 0 Å². The minimum Gasteiger partial charge on any atom is -0.269 e. The first-order valence-corrected chi connectivity index (χ1v) is 17.4. The zero-order chi connectivity index (χ0) is 34.3. The number of rotatable bonds is 0. The number of halogens is 10. The lowest BCUT2D eigenvalue weighted by Gasteiger charge is -1.95. The Balaban J connectivity index is -0.000000165. The lowest BCUT2D eigenvalue weighted by atomic mass is 10.2. The molecule has 0 aromatic heterocycles.